The van der Waals surface area contributed by atoms with Crippen molar-refractivity contribution in [1.82, 2.24) is 5.32 Å². The predicted molar refractivity (Wildman–Crippen MR) is 86.5 cm³/mol. The Bertz CT molecular complexity index is 674. The second kappa shape index (κ2) is 6.82. The van der Waals surface area contributed by atoms with E-state index in [1.807, 2.05) is 30.3 Å². The highest BCUT2D eigenvalue weighted by atomic mass is 19.1. The molecule has 23 heavy (non-hydrogen) atoms. The maximum Gasteiger partial charge on any atom is 0.258 e. The Kier molecular flexibility index (Phi) is 4.60. The van der Waals surface area contributed by atoms with Gasteiger partial charge >= 0.3 is 0 Å². The first-order chi connectivity index (χ1) is 11.1. The molecule has 3 atom stereocenters. The maximum atomic E-state index is 13.5. The van der Waals surface area contributed by atoms with Gasteiger partial charge in [-0.05, 0) is 36.0 Å². The fourth-order valence-electron chi connectivity index (χ4n) is 2.83. The highest BCUT2D eigenvalue weighted by molar-refractivity contribution is 5.78. The lowest BCUT2D eigenvalue weighted by Gasteiger charge is -2.19. The third kappa shape index (κ3) is 3.89. The molecule has 1 saturated carbocycles. The number of hydrogen-bond donors (Lipinski definition) is 1. The smallest absolute Gasteiger partial charge is 0.258 e. The molecule has 3 nitrogen and oxygen atoms in total. The van der Waals surface area contributed by atoms with E-state index in [4.69, 9.17) is 4.74 Å². The average molecular weight is 313 g/mol. The Balaban J connectivity index is 1.62. The Morgan fingerprint density at radius 1 is 1.22 bits per heavy atom. The van der Waals surface area contributed by atoms with Crippen LogP contribution in [0.5, 0.6) is 5.75 Å². The summed E-state index contributed by atoms with van der Waals surface area (Å²) in [6, 6.07) is 16.0. The van der Waals surface area contributed by atoms with Crippen LogP contribution in [0.3, 0.4) is 0 Å². The third-order valence-corrected chi connectivity index (χ3v) is 4.27. The number of rotatable bonds is 6. The molecule has 1 amide bonds. The van der Waals surface area contributed by atoms with Gasteiger partial charge < -0.3 is 10.1 Å². The van der Waals surface area contributed by atoms with Crippen LogP contribution in [0.1, 0.15) is 24.9 Å². The van der Waals surface area contributed by atoms with Crippen LogP contribution in [-0.4, -0.2) is 12.5 Å². The zero-order valence-corrected chi connectivity index (χ0v) is 13.0. The largest absolute Gasteiger partial charge is 0.481 e. The molecule has 3 unspecified atom stereocenters. The van der Waals surface area contributed by atoms with E-state index in [0.29, 0.717) is 11.8 Å². The van der Waals surface area contributed by atoms with Crippen LogP contribution in [0.15, 0.2) is 54.6 Å². The molecule has 1 aliphatic carbocycles. The molecule has 0 bridgehead atoms. The van der Waals surface area contributed by atoms with Crippen LogP contribution in [0.25, 0.3) is 0 Å². The molecule has 0 spiro atoms. The van der Waals surface area contributed by atoms with Gasteiger partial charge in [0.2, 0.25) is 0 Å². The molecule has 2 aromatic rings. The lowest BCUT2D eigenvalue weighted by Crippen LogP contribution is -2.34. The van der Waals surface area contributed by atoms with Gasteiger partial charge in [0, 0.05) is 0 Å². The van der Waals surface area contributed by atoms with Gasteiger partial charge in [-0.3, -0.25) is 4.79 Å². The van der Waals surface area contributed by atoms with Crippen LogP contribution in [0, 0.1) is 17.7 Å². The molecule has 0 aliphatic heterocycles. The summed E-state index contributed by atoms with van der Waals surface area (Å²) in [6.07, 6.45) is 1.11. The van der Waals surface area contributed by atoms with Crippen LogP contribution >= 0.6 is 0 Å². The van der Waals surface area contributed by atoms with Gasteiger partial charge in [0.1, 0.15) is 0 Å². The molecule has 2 aromatic carbocycles. The number of benzene rings is 2. The van der Waals surface area contributed by atoms with E-state index in [1.165, 1.54) is 12.1 Å². The van der Waals surface area contributed by atoms with Crippen LogP contribution < -0.4 is 10.1 Å². The molecule has 0 aromatic heterocycles. The van der Waals surface area contributed by atoms with Crippen molar-refractivity contribution in [2.45, 2.75) is 19.4 Å². The number of ether oxygens (including phenoxy) is 1. The van der Waals surface area contributed by atoms with Gasteiger partial charge in [-0.2, -0.15) is 0 Å². The molecule has 0 heterocycles. The zero-order chi connectivity index (χ0) is 16.2. The van der Waals surface area contributed by atoms with Crippen LogP contribution in [0.4, 0.5) is 4.39 Å². The van der Waals surface area contributed by atoms with E-state index in [1.54, 1.807) is 12.1 Å². The van der Waals surface area contributed by atoms with Gasteiger partial charge in [0.05, 0.1) is 6.04 Å². The van der Waals surface area contributed by atoms with Crippen molar-refractivity contribution in [2.75, 3.05) is 6.61 Å². The number of carbonyl (C=O) groups is 1. The van der Waals surface area contributed by atoms with E-state index in [2.05, 4.69) is 12.2 Å². The number of carbonyl (C=O) groups excluding carboxylic acids is 1. The number of nitrogens with one attached hydrogen (secondary N) is 1. The lowest BCUT2D eigenvalue weighted by molar-refractivity contribution is -0.124. The second-order valence-corrected chi connectivity index (χ2v) is 6.05. The summed E-state index contributed by atoms with van der Waals surface area (Å²) >= 11 is 0. The maximum absolute atomic E-state index is 13.5. The Hall–Kier alpha value is -2.36. The molecule has 0 saturated heterocycles. The number of para-hydroxylation sites is 1. The summed E-state index contributed by atoms with van der Waals surface area (Å²) in [5, 5.41) is 3.03. The van der Waals surface area contributed by atoms with E-state index in [0.717, 1.165) is 12.0 Å². The Labute approximate surface area is 135 Å². The topological polar surface area (TPSA) is 38.3 Å². The Morgan fingerprint density at radius 3 is 2.52 bits per heavy atom. The second-order valence-electron chi connectivity index (χ2n) is 6.05. The summed E-state index contributed by atoms with van der Waals surface area (Å²) < 4.78 is 18.8. The molecule has 1 fully saturated rings. The molecule has 120 valence electrons. The number of halogens is 1. The molecule has 1 N–H and O–H groups in total. The molecular weight excluding hydrogens is 293 g/mol. The van der Waals surface area contributed by atoms with E-state index >= 15 is 0 Å². The number of hydrogen-bond acceptors (Lipinski definition) is 2. The van der Waals surface area contributed by atoms with Gasteiger partial charge in [-0.25, -0.2) is 4.39 Å². The summed E-state index contributed by atoms with van der Waals surface area (Å²) in [5.74, 6) is 0.457. The van der Waals surface area contributed by atoms with Gasteiger partial charge in [-0.15, -0.1) is 0 Å². The minimum Gasteiger partial charge on any atom is -0.481 e. The summed E-state index contributed by atoms with van der Waals surface area (Å²) in [4.78, 5) is 12.2. The fourth-order valence-corrected chi connectivity index (χ4v) is 2.83. The SMILES string of the molecule is CC1CC1C(NC(=O)COc1ccccc1F)c1ccccc1. The monoisotopic (exact) mass is 313 g/mol. The summed E-state index contributed by atoms with van der Waals surface area (Å²) in [7, 11) is 0. The van der Waals surface area contributed by atoms with Crippen molar-refractivity contribution in [3.63, 3.8) is 0 Å². The van der Waals surface area contributed by atoms with E-state index < -0.39 is 5.82 Å². The van der Waals surface area contributed by atoms with Gasteiger partial charge in [0.15, 0.2) is 18.2 Å². The predicted octanol–water partition coefficient (Wildman–Crippen LogP) is 3.72. The first kappa shape index (κ1) is 15.5. The van der Waals surface area contributed by atoms with Crippen molar-refractivity contribution >= 4 is 5.91 Å². The fraction of sp³-hybridized carbons (Fsp3) is 0.316. The molecular formula is C19H20FNO2. The number of amides is 1. The third-order valence-electron chi connectivity index (χ3n) is 4.27. The van der Waals surface area contributed by atoms with Gasteiger partial charge in [-0.1, -0.05) is 49.4 Å². The zero-order valence-electron chi connectivity index (χ0n) is 13.0. The summed E-state index contributed by atoms with van der Waals surface area (Å²) in [6.45, 7) is 1.99. The van der Waals surface area contributed by atoms with E-state index in [9.17, 15) is 9.18 Å². The molecule has 1 aliphatic rings. The van der Waals surface area contributed by atoms with Crippen LogP contribution in [-0.2, 0) is 4.79 Å². The Morgan fingerprint density at radius 2 is 1.87 bits per heavy atom. The normalized spacial score (nSPS) is 20.6. The highest BCUT2D eigenvalue weighted by Crippen LogP contribution is 2.46. The first-order valence-corrected chi connectivity index (χ1v) is 7.87. The van der Waals surface area contributed by atoms with Crippen LogP contribution in [0.2, 0.25) is 0 Å². The van der Waals surface area contributed by atoms with Gasteiger partial charge in [0.25, 0.3) is 5.91 Å². The van der Waals surface area contributed by atoms with Crippen molar-refractivity contribution in [3.8, 4) is 5.75 Å². The van der Waals surface area contributed by atoms with Crippen molar-refractivity contribution < 1.29 is 13.9 Å². The minimum atomic E-state index is -0.462. The highest BCUT2D eigenvalue weighted by Gasteiger charge is 2.40. The van der Waals surface area contributed by atoms with E-state index in [-0.39, 0.29) is 24.3 Å². The molecule has 4 heteroatoms. The molecule has 3 rings (SSSR count). The molecule has 0 radical (unpaired) electrons. The van der Waals surface area contributed by atoms with Crippen molar-refractivity contribution in [1.29, 1.82) is 0 Å². The summed E-state index contributed by atoms with van der Waals surface area (Å²) in [5.41, 5.74) is 1.10. The minimum absolute atomic E-state index is 0.0112. The quantitative estimate of drug-likeness (QED) is 0.882. The lowest BCUT2D eigenvalue weighted by atomic mass is 10.0. The first-order valence-electron chi connectivity index (χ1n) is 7.87. The van der Waals surface area contributed by atoms with Crippen molar-refractivity contribution in [3.05, 3.63) is 66.0 Å². The van der Waals surface area contributed by atoms with Crippen molar-refractivity contribution in [2.24, 2.45) is 11.8 Å². The average Bonchev–Trinajstić information content (AvgIpc) is 3.29. The standard InChI is InChI=1S/C19H20FNO2/c1-13-11-15(13)19(14-7-3-2-4-8-14)21-18(22)12-23-17-10-6-5-9-16(17)20/h2-10,13,15,19H,11-12H2,1H3,(H,21,22).